The molecular formula is C14H13F2NO. The van der Waals surface area contributed by atoms with E-state index >= 15 is 0 Å². The Morgan fingerprint density at radius 3 is 2.50 bits per heavy atom. The van der Waals surface area contributed by atoms with Crippen LogP contribution >= 0.6 is 0 Å². The monoisotopic (exact) mass is 249 g/mol. The summed E-state index contributed by atoms with van der Waals surface area (Å²) < 4.78 is 26.2. The summed E-state index contributed by atoms with van der Waals surface area (Å²) in [5, 5.41) is 0. The molecule has 0 atom stereocenters. The Balaban J connectivity index is 1.81. The molecule has 94 valence electrons. The molecule has 2 aromatic carbocycles. The number of hydrogen-bond donors (Lipinski definition) is 1. The highest BCUT2D eigenvalue weighted by molar-refractivity contribution is 5.18. The van der Waals surface area contributed by atoms with Crippen molar-refractivity contribution in [2.24, 2.45) is 0 Å². The van der Waals surface area contributed by atoms with Gasteiger partial charge in [-0.25, -0.2) is 8.78 Å². The SMILES string of the molecule is Fc1cccc(CNOCc2ccccc2)c1F. The topological polar surface area (TPSA) is 21.3 Å². The molecule has 0 amide bonds. The maximum Gasteiger partial charge on any atom is 0.163 e. The lowest BCUT2D eigenvalue weighted by Gasteiger charge is -2.07. The predicted molar refractivity (Wildman–Crippen MR) is 64.4 cm³/mol. The summed E-state index contributed by atoms with van der Waals surface area (Å²) in [5.41, 5.74) is 3.85. The summed E-state index contributed by atoms with van der Waals surface area (Å²) in [4.78, 5) is 5.18. The normalized spacial score (nSPS) is 10.6. The Hall–Kier alpha value is -1.78. The number of benzene rings is 2. The minimum Gasteiger partial charge on any atom is -0.297 e. The van der Waals surface area contributed by atoms with Crippen molar-refractivity contribution in [3.8, 4) is 0 Å². The molecule has 0 heterocycles. The van der Waals surface area contributed by atoms with Crippen molar-refractivity contribution in [2.45, 2.75) is 13.2 Å². The van der Waals surface area contributed by atoms with Gasteiger partial charge in [0.15, 0.2) is 11.6 Å². The van der Waals surface area contributed by atoms with E-state index in [9.17, 15) is 8.78 Å². The number of hydroxylamine groups is 1. The molecule has 1 N–H and O–H groups in total. The fourth-order valence-electron chi connectivity index (χ4n) is 1.52. The predicted octanol–water partition coefficient (Wildman–Crippen LogP) is 3.19. The van der Waals surface area contributed by atoms with Crippen LogP contribution in [-0.2, 0) is 18.0 Å². The van der Waals surface area contributed by atoms with Gasteiger partial charge in [0, 0.05) is 12.1 Å². The second kappa shape index (κ2) is 6.23. The van der Waals surface area contributed by atoms with Gasteiger partial charge in [-0.1, -0.05) is 42.5 Å². The zero-order chi connectivity index (χ0) is 12.8. The molecule has 0 bridgehead atoms. The van der Waals surface area contributed by atoms with Crippen LogP contribution in [0.5, 0.6) is 0 Å². The molecular weight excluding hydrogens is 236 g/mol. The third kappa shape index (κ3) is 3.35. The summed E-state index contributed by atoms with van der Waals surface area (Å²) in [6.07, 6.45) is 0. The summed E-state index contributed by atoms with van der Waals surface area (Å²) in [6, 6.07) is 13.6. The number of nitrogens with one attached hydrogen (secondary N) is 1. The van der Waals surface area contributed by atoms with Crippen LogP contribution in [-0.4, -0.2) is 0 Å². The molecule has 2 nitrogen and oxygen atoms in total. The van der Waals surface area contributed by atoms with Gasteiger partial charge in [0.05, 0.1) is 6.61 Å². The molecule has 0 spiro atoms. The smallest absolute Gasteiger partial charge is 0.163 e. The van der Waals surface area contributed by atoms with Gasteiger partial charge in [-0.2, -0.15) is 5.48 Å². The first-order valence-corrected chi connectivity index (χ1v) is 5.59. The molecule has 0 fully saturated rings. The van der Waals surface area contributed by atoms with Gasteiger partial charge in [0.2, 0.25) is 0 Å². The van der Waals surface area contributed by atoms with Crippen molar-refractivity contribution in [2.75, 3.05) is 0 Å². The zero-order valence-corrected chi connectivity index (χ0v) is 9.70. The van der Waals surface area contributed by atoms with Gasteiger partial charge < -0.3 is 0 Å². The third-order valence-corrected chi connectivity index (χ3v) is 2.48. The molecule has 18 heavy (non-hydrogen) atoms. The Labute approximate surface area is 104 Å². The van der Waals surface area contributed by atoms with Crippen LogP contribution in [0.2, 0.25) is 0 Å². The van der Waals surface area contributed by atoms with Crippen molar-refractivity contribution < 1.29 is 13.6 Å². The lowest BCUT2D eigenvalue weighted by molar-refractivity contribution is 0.0229. The molecule has 2 aromatic rings. The van der Waals surface area contributed by atoms with Crippen LogP contribution in [0.4, 0.5) is 8.78 Å². The van der Waals surface area contributed by atoms with Gasteiger partial charge in [-0.3, -0.25) is 4.84 Å². The minimum atomic E-state index is -0.850. The first kappa shape index (κ1) is 12.7. The highest BCUT2D eigenvalue weighted by Gasteiger charge is 2.06. The number of halogens is 2. The van der Waals surface area contributed by atoms with E-state index in [1.165, 1.54) is 12.1 Å². The van der Waals surface area contributed by atoms with Gasteiger partial charge in [0.25, 0.3) is 0 Å². The maximum absolute atomic E-state index is 13.3. The third-order valence-electron chi connectivity index (χ3n) is 2.48. The van der Waals surface area contributed by atoms with Crippen LogP contribution in [0, 0.1) is 11.6 Å². The quantitative estimate of drug-likeness (QED) is 0.649. The average molecular weight is 249 g/mol. The van der Waals surface area contributed by atoms with E-state index in [-0.39, 0.29) is 12.1 Å². The van der Waals surface area contributed by atoms with E-state index in [1.807, 2.05) is 30.3 Å². The zero-order valence-electron chi connectivity index (χ0n) is 9.70. The molecule has 2 rings (SSSR count). The van der Waals surface area contributed by atoms with Gasteiger partial charge in [0.1, 0.15) is 0 Å². The van der Waals surface area contributed by atoms with E-state index in [4.69, 9.17) is 4.84 Å². The van der Waals surface area contributed by atoms with Gasteiger partial charge >= 0.3 is 0 Å². The van der Waals surface area contributed by atoms with Gasteiger partial charge in [-0.15, -0.1) is 0 Å². The fraction of sp³-hybridized carbons (Fsp3) is 0.143. The molecule has 0 aliphatic heterocycles. The lowest BCUT2D eigenvalue weighted by Crippen LogP contribution is -2.15. The highest BCUT2D eigenvalue weighted by atomic mass is 19.2. The number of rotatable bonds is 5. The van der Waals surface area contributed by atoms with Crippen LogP contribution in [0.15, 0.2) is 48.5 Å². The average Bonchev–Trinajstić information content (AvgIpc) is 2.40. The standard InChI is InChI=1S/C14H13F2NO/c15-13-8-4-7-12(14(13)16)9-17-18-10-11-5-2-1-3-6-11/h1-8,17H,9-10H2. The van der Waals surface area contributed by atoms with Crippen molar-refractivity contribution >= 4 is 0 Å². The summed E-state index contributed by atoms with van der Waals surface area (Å²) >= 11 is 0. The summed E-state index contributed by atoms with van der Waals surface area (Å²) in [6.45, 7) is 0.494. The van der Waals surface area contributed by atoms with Crippen molar-refractivity contribution in [1.82, 2.24) is 5.48 Å². The Kier molecular flexibility index (Phi) is 4.39. The highest BCUT2D eigenvalue weighted by Crippen LogP contribution is 2.10. The van der Waals surface area contributed by atoms with Crippen molar-refractivity contribution in [1.29, 1.82) is 0 Å². The second-order valence-electron chi connectivity index (χ2n) is 3.81. The molecule has 0 saturated carbocycles. The fourth-order valence-corrected chi connectivity index (χ4v) is 1.52. The van der Waals surface area contributed by atoms with E-state index in [0.29, 0.717) is 6.61 Å². The lowest BCUT2D eigenvalue weighted by atomic mass is 10.2. The van der Waals surface area contributed by atoms with Gasteiger partial charge in [-0.05, 0) is 11.6 Å². The molecule has 0 aliphatic carbocycles. The second-order valence-corrected chi connectivity index (χ2v) is 3.81. The van der Waals surface area contributed by atoms with Crippen LogP contribution in [0.25, 0.3) is 0 Å². The minimum absolute atomic E-state index is 0.121. The maximum atomic E-state index is 13.3. The molecule has 0 unspecified atom stereocenters. The molecule has 0 aromatic heterocycles. The van der Waals surface area contributed by atoms with E-state index in [2.05, 4.69) is 5.48 Å². The molecule has 0 aliphatic rings. The van der Waals surface area contributed by atoms with Crippen LogP contribution in [0.1, 0.15) is 11.1 Å². The largest absolute Gasteiger partial charge is 0.297 e. The summed E-state index contributed by atoms with van der Waals surface area (Å²) in [7, 11) is 0. The Bertz CT molecular complexity index is 502. The summed E-state index contributed by atoms with van der Waals surface area (Å²) in [5.74, 6) is -1.69. The number of hydrogen-bond acceptors (Lipinski definition) is 2. The van der Waals surface area contributed by atoms with Crippen LogP contribution in [0.3, 0.4) is 0 Å². The first-order chi connectivity index (χ1) is 8.77. The molecule has 4 heteroatoms. The Morgan fingerprint density at radius 1 is 0.944 bits per heavy atom. The van der Waals surface area contributed by atoms with E-state index < -0.39 is 11.6 Å². The van der Waals surface area contributed by atoms with E-state index in [0.717, 1.165) is 11.6 Å². The molecule has 0 radical (unpaired) electrons. The Morgan fingerprint density at radius 2 is 1.72 bits per heavy atom. The van der Waals surface area contributed by atoms with Crippen molar-refractivity contribution in [3.63, 3.8) is 0 Å². The first-order valence-electron chi connectivity index (χ1n) is 5.59. The van der Waals surface area contributed by atoms with E-state index in [1.54, 1.807) is 0 Å². The molecule has 0 saturated heterocycles. The van der Waals surface area contributed by atoms with Crippen molar-refractivity contribution in [3.05, 3.63) is 71.3 Å². The van der Waals surface area contributed by atoms with Crippen LogP contribution < -0.4 is 5.48 Å².